The van der Waals surface area contributed by atoms with Gasteiger partial charge in [-0.3, -0.25) is 4.68 Å². The van der Waals surface area contributed by atoms with E-state index in [-0.39, 0.29) is 6.04 Å². The summed E-state index contributed by atoms with van der Waals surface area (Å²) in [5.41, 5.74) is 1.51. The number of benzene rings is 1. The second-order valence-electron chi connectivity index (χ2n) is 4.56. The van der Waals surface area contributed by atoms with E-state index < -0.39 is 6.10 Å². The van der Waals surface area contributed by atoms with Crippen molar-refractivity contribution in [2.45, 2.75) is 30.9 Å². The second kappa shape index (κ2) is 5.99. The fraction of sp³-hybridized carbons (Fsp3) is 0.357. The maximum Gasteiger partial charge on any atom is 0.123 e. The van der Waals surface area contributed by atoms with E-state index in [1.54, 1.807) is 22.6 Å². The third-order valence-electron chi connectivity index (χ3n) is 2.97. The van der Waals surface area contributed by atoms with E-state index >= 15 is 0 Å². The molecule has 1 atom stereocenters. The normalized spacial score (nSPS) is 12.9. The highest BCUT2D eigenvalue weighted by Gasteiger charge is 2.22. The lowest BCUT2D eigenvalue weighted by Crippen LogP contribution is -2.13. The molecular weight excluding hydrogens is 280 g/mol. The van der Waals surface area contributed by atoms with Crippen LogP contribution in [0.1, 0.15) is 37.3 Å². The number of aliphatic hydroxyl groups excluding tert-OH is 1. The molecule has 0 fully saturated rings. The molecule has 1 aromatic carbocycles. The SMILES string of the molecule is CSc1ccccc1C(O)c1c(Cl)cnn1C(C)C. The molecule has 5 heteroatoms. The summed E-state index contributed by atoms with van der Waals surface area (Å²) in [6.45, 7) is 4.03. The van der Waals surface area contributed by atoms with Crippen LogP contribution in [0.15, 0.2) is 35.4 Å². The Balaban J connectivity index is 2.50. The Labute approximate surface area is 122 Å². The molecule has 0 spiro atoms. The monoisotopic (exact) mass is 296 g/mol. The van der Waals surface area contributed by atoms with Gasteiger partial charge in [-0.2, -0.15) is 5.10 Å². The molecule has 1 aromatic heterocycles. The highest BCUT2D eigenvalue weighted by molar-refractivity contribution is 7.98. The summed E-state index contributed by atoms with van der Waals surface area (Å²) >= 11 is 7.79. The lowest BCUT2D eigenvalue weighted by Gasteiger charge is -2.18. The molecule has 3 nitrogen and oxygen atoms in total. The van der Waals surface area contributed by atoms with Gasteiger partial charge < -0.3 is 5.11 Å². The van der Waals surface area contributed by atoms with E-state index in [0.29, 0.717) is 10.7 Å². The molecule has 0 radical (unpaired) electrons. The third kappa shape index (κ3) is 2.81. The summed E-state index contributed by atoms with van der Waals surface area (Å²) in [6.07, 6.45) is 2.82. The molecule has 0 aliphatic heterocycles. The van der Waals surface area contributed by atoms with Gasteiger partial charge in [-0.25, -0.2) is 0 Å². The number of hydrogen-bond donors (Lipinski definition) is 1. The van der Waals surface area contributed by atoms with Crippen molar-refractivity contribution in [1.82, 2.24) is 9.78 Å². The molecule has 2 rings (SSSR count). The third-order valence-corrected chi connectivity index (χ3v) is 4.07. The van der Waals surface area contributed by atoms with Crippen LogP contribution >= 0.6 is 23.4 Å². The van der Waals surface area contributed by atoms with Crippen LogP contribution in [0, 0.1) is 0 Å². The minimum Gasteiger partial charge on any atom is -0.382 e. The summed E-state index contributed by atoms with van der Waals surface area (Å²) in [4.78, 5) is 1.04. The number of thioether (sulfide) groups is 1. The molecule has 0 amide bonds. The van der Waals surface area contributed by atoms with Gasteiger partial charge in [0.25, 0.3) is 0 Å². The van der Waals surface area contributed by atoms with Gasteiger partial charge in [0.2, 0.25) is 0 Å². The summed E-state index contributed by atoms with van der Waals surface area (Å²) in [5.74, 6) is 0. The summed E-state index contributed by atoms with van der Waals surface area (Å²) in [6, 6.07) is 7.95. The van der Waals surface area contributed by atoms with Gasteiger partial charge in [0.15, 0.2) is 0 Å². The van der Waals surface area contributed by atoms with Crippen LogP contribution in [-0.2, 0) is 0 Å². The van der Waals surface area contributed by atoms with Crippen LogP contribution in [0.5, 0.6) is 0 Å². The first-order chi connectivity index (χ1) is 9.06. The number of aromatic nitrogens is 2. The van der Waals surface area contributed by atoms with Crippen molar-refractivity contribution >= 4 is 23.4 Å². The predicted octanol–water partition coefficient (Wildman–Crippen LogP) is 3.92. The standard InChI is InChI=1S/C14H17ClN2OS/c1-9(2)17-13(11(15)8-16-17)14(18)10-6-4-5-7-12(10)19-3/h4-9,14,18H,1-3H3. The minimum atomic E-state index is -0.763. The van der Waals surface area contributed by atoms with Crippen molar-refractivity contribution in [3.05, 3.63) is 46.7 Å². The Morgan fingerprint density at radius 1 is 1.32 bits per heavy atom. The number of rotatable bonds is 4. The van der Waals surface area contributed by atoms with Crippen LogP contribution < -0.4 is 0 Å². The maximum absolute atomic E-state index is 10.6. The molecule has 1 unspecified atom stereocenters. The molecule has 0 saturated heterocycles. The minimum absolute atomic E-state index is 0.151. The number of hydrogen-bond acceptors (Lipinski definition) is 3. The molecule has 0 aliphatic carbocycles. The highest BCUT2D eigenvalue weighted by Crippen LogP contribution is 2.34. The summed E-state index contributed by atoms with van der Waals surface area (Å²) in [5, 5.41) is 15.4. The van der Waals surface area contributed by atoms with Gasteiger partial charge in [0, 0.05) is 16.5 Å². The Morgan fingerprint density at radius 2 is 2.00 bits per heavy atom. The van der Waals surface area contributed by atoms with Crippen molar-refractivity contribution in [1.29, 1.82) is 0 Å². The van der Waals surface area contributed by atoms with E-state index in [9.17, 15) is 5.11 Å². The van der Waals surface area contributed by atoms with Gasteiger partial charge in [0.05, 0.1) is 16.9 Å². The lowest BCUT2D eigenvalue weighted by atomic mass is 10.1. The average Bonchev–Trinajstić information content (AvgIpc) is 2.80. The van der Waals surface area contributed by atoms with E-state index in [2.05, 4.69) is 5.10 Å². The molecule has 1 N–H and O–H groups in total. The lowest BCUT2D eigenvalue weighted by molar-refractivity contribution is 0.202. The molecule has 1 heterocycles. The molecule has 0 bridgehead atoms. The fourth-order valence-corrected chi connectivity index (χ4v) is 2.92. The Kier molecular flexibility index (Phi) is 4.55. The molecule has 2 aromatic rings. The van der Waals surface area contributed by atoms with E-state index in [4.69, 9.17) is 11.6 Å². The zero-order valence-electron chi connectivity index (χ0n) is 11.2. The smallest absolute Gasteiger partial charge is 0.123 e. The number of halogens is 1. The van der Waals surface area contributed by atoms with Gasteiger partial charge in [0.1, 0.15) is 6.10 Å². The summed E-state index contributed by atoms with van der Waals surface area (Å²) in [7, 11) is 0. The van der Waals surface area contributed by atoms with E-state index in [1.165, 1.54) is 0 Å². The van der Waals surface area contributed by atoms with Crippen molar-refractivity contribution in [3.63, 3.8) is 0 Å². The zero-order chi connectivity index (χ0) is 14.0. The average molecular weight is 297 g/mol. The van der Waals surface area contributed by atoms with Crippen LogP contribution in [0.25, 0.3) is 0 Å². The Bertz CT molecular complexity index is 568. The summed E-state index contributed by atoms with van der Waals surface area (Å²) < 4.78 is 1.77. The van der Waals surface area contributed by atoms with Crippen molar-refractivity contribution in [2.75, 3.05) is 6.26 Å². The number of nitrogens with zero attached hydrogens (tertiary/aromatic N) is 2. The molecular formula is C14H17ClN2OS. The van der Waals surface area contributed by atoms with Crippen LogP contribution in [0.4, 0.5) is 0 Å². The molecule has 102 valence electrons. The predicted molar refractivity (Wildman–Crippen MR) is 79.9 cm³/mol. The molecule has 0 saturated carbocycles. The van der Waals surface area contributed by atoms with Gasteiger partial charge in [-0.1, -0.05) is 29.8 Å². The van der Waals surface area contributed by atoms with Gasteiger partial charge in [-0.05, 0) is 26.2 Å². The maximum atomic E-state index is 10.6. The molecule has 0 aliphatic rings. The van der Waals surface area contributed by atoms with Crippen molar-refractivity contribution in [2.24, 2.45) is 0 Å². The quantitative estimate of drug-likeness (QED) is 0.869. The first kappa shape index (κ1) is 14.4. The van der Waals surface area contributed by atoms with Crippen LogP contribution in [0.2, 0.25) is 5.02 Å². The van der Waals surface area contributed by atoms with E-state index in [0.717, 1.165) is 10.5 Å². The highest BCUT2D eigenvalue weighted by atomic mass is 35.5. The Hall–Kier alpha value is -0.970. The zero-order valence-corrected chi connectivity index (χ0v) is 12.7. The number of aliphatic hydroxyl groups is 1. The Morgan fingerprint density at radius 3 is 2.63 bits per heavy atom. The molecule has 19 heavy (non-hydrogen) atoms. The first-order valence-electron chi connectivity index (χ1n) is 6.10. The van der Waals surface area contributed by atoms with Gasteiger partial charge >= 0.3 is 0 Å². The second-order valence-corrected chi connectivity index (χ2v) is 5.82. The van der Waals surface area contributed by atoms with Crippen molar-refractivity contribution < 1.29 is 5.11 Å². The van der Waals surface area contributed by atoms with Crippen LogP contribution in [0.3, 0.4) is 0 Å². The fourth-order valence-electron chi connectivity index (χ4n) is 2.06. The first-order valence-corrected chi connectivity index (χ1v) is 7.70. The topological polar surface area (TPSA) is 38.1 Å². The largest absolute Gasteiger partial charge is 0.382 e. The van der Waals surface area contributed by atoms with E-state index in [1.807, 2.05) is 44.4 Å². The van der Waals surface area contributed by atoms with Crippen molar-refractivity contribution in [3.8, 4) is 0 Å². The van der Waals surface area contributed by atoms with Crippen LogP contribution in [-0.4, -0.2) is 21.1 Å². The van der Waals surface area contributed by atoms with Gasteiger partial charge in [-0.15, -0.1) is 11.8 Å².